The normalized spacial score (nSPS) is 13.1. The lowest BCUT2D eigenvalue weighted by molar-refractivity contribution is 0.123. The number of hydrogen-bond donors (Lipinski definition) is 2. The van der Waals surface area contributed by atoms with Crippen LogP contribution in [0.3, 0.4) is 0 Å². The molecule has 1 aromatic carbocycles. The van der Waals surface area contributed by atoms with E-state index < -0.39 is 0 Å². The summed E-state index contributed by atoms with van der Waals surface area (Å²) in [6.45, 7) is 5.32. The van der Waals surface area contributed by atoms with Gasteiger partial charge in [0.05, 0.1) is 17.3 Å². The van der Waals surface area contributed by atoms with Crippen LogP contribution in [0.1, 0.15) is 19.5 Å². The zero-order valence-corrected chi connectivity index (χ0v) is 10.9. The largest absolute Gasteiger partial charge is 0.392 e. The molecule has 3 nitrogen and oxygen atoms in total. The predicted molar refractivity (Wildman–Crippen MR) is 74.3 cm³/mol. The molecule has 0 aliphatic carbocycles. The molecular formula is C15H20N2O. The minimum absolute atomic E-state index is 0.280. The molecule has 2 rings (SSSR count). The van der Waals surface area contributed by atoms with E-state index in [2.05, 4.69) is 22.4 Å². The summed E-state index contributed by atoms with van der Waals surface area (Å²) < 4.78 is 0. The number of nitrogens with one attached hydrogen (secondary N) is 1. The number of rotatable bonds is 5. The van der Waals surface area contributed by atoms with E-state index in [9.17, 15) is 5.11 Å². The standard InChI is InChI=1S/C15H20N2O/c1-11(2)15(18)10-16-9-13-8-7-12-5-3-4-6-14(12)17-13/h3-8,11,15-16,18H,9-10H2,1-2H3. The summed E-state index contributed by atoms with van der Waals surface area (Å²) in [7, 11) is 0. The van der Waals surface area contributed by atoms with E-state index in [1.807, 2.05) is 38.1 Å². The molecule has 1 unspecified atom stereocenters. The predicted octanol–water partition coefficient (Wildman–Crippen LogP) is 2.34. The molecule has 3 heteroatoms. The van der Waals surface area contributed by atoms with Crippen LogP contribution in [0.2, 0.25) is 0 Å². The Morgan fingerprint density at radius 2 is 1.94 bits per heavy atom. The molecule has 96 valence electrons. The molecule has 0 aliphatic rings. The third-order valence-corrected chi connectivity index (χ3v) is 3.09. The summed E-state index contributed by atoms with van der Waals surface area (Å²) in [5.41, 5.74) is 2.02. The smallest absolute Gasteiger partial charge is 0.0705 e. The molecule has 0 spiro atoms. The third-order valence-electron chi connectivity index (χ3n) is 3.09. The number of nitrogens with zero attached hydrogens (tertiary/aromatic N) is 1. The highest BCUT2D eigenvalue weighted by molar-refractivity contribution is 5.78. The zero-order chi connectivity index (χ0) is 13.0. The maximum absolute atomic E-state index is 9.69. The summed E-state index contributed by atoms with van der Waals surface area (Å²) in [6.07, 6.45) is -0.301. The first-order valence-corrected chi connectivity index (χ1v) is 6.40. The first kappa shape index (κ1) is 13.0. The number of para-hydroxylation sites is 1. The molecule has 0 saturated carbocycles. The molecule has 1 aromatic heterocycles. The van der Waals surface area contributed by atoms with Gasteiger partial charge in [-0.2, -0.15) is 0 Å². The molecule has 2 aromatic rings. The van der Waals surface area contributed by atoms with E-state index in [1.54, 1.807) is 0 Å². The molecule has 0 amide bonds. The molecule has 2 N–H and O–H groups in total. The van der Waals surface area contributed by atoms with Crippen molar-refractivity contribution in [1.82, 2.24) is 10.3 Å². The number of fused-ring (bicyclic) bond motifs is 1. The SMILES string of the molecule is CC(C)C(O)CNCc1ccc2ccccc2n1. The number of pyridine rings is 1. The average molecular weight is 244 g/mol. The van der Waals surface area contributed by atoms with E-state index >= 15 is 0 Å². The van der Waals surface area contributed by atoms with Gasteiger partial charge in [0.15, 0.2) is 0 Å². The van der Waals surface area contributed by atoms with Crippen molar-refractivity contribution in [3.63, 3.8) is 0 Å². The second-order valence-electron chi connectivity index (χ2n) is 4.94. The molecule has 1 atom stereocenters. The van der Waals surface area contributed by atoms with Crippen molar-refractivity contribution in [2.45, 2.75) is 26.5 Å². The van der Waals surface area contributed by atoms with Crippen molar-refractivity contribution in [3.8, 4) is 0 Å². The van der Waals surface area contributed by atoms with Gasteiger partial charge in [-0.05, 0) is 18.1 Å². The van der Waals surface area contributed by atoms with Gasteiger partial charge in [0, 0.05) is 18.5 Å². The molecule has 1 heterocycles. The van der Waals surface area contributed by atoms with Gasteiger partial charge in [-0.3, -0.25) is 4.98 Å². The Kier molecular flexibility index (Phi) is 4.28. The van der Waals surface area contributed by atoms with Gasteiger partial charge >= 0.3 is 0 Å². The number of benzene rings is 1. The Bertz CT molecular complexity index is 511. The lowest BCUT2D eigenvalue weighted by Gasteiger charge is -2.14. The van der Waals surface area contributed by atoms with Gasteiger partial charge < -0.3 is 10.4 Å². The Balaban J connectivity index is 1.96. The fourth-order valence-corrected chi connectivity index (χ4v) is 1.79. The van der Waals surface area contributed by atoms with Crippen LogP contribution in [0.15, 0.2) is 36.4 Å². The zero-order valence-electron chi connectivity index (χ0n) is 10.9. The van der Waals surface area contributed by atoms with E-state index in [1.165, 1.54) is 0 Å². The second-order valence-corrected chi connectivity index (χ2v) is 4.94. The maximum Gasteiger partial charge on any atom is 0.0705 e. The van der Waals surface area contributed by atoms with Gasteiger partial charge in [0.25, 0.3) is 0 Å². The lowest BCUT2D eigenvalue weighted by Crippen LogP contribution is -2.30. The first-order valence-electron chi connectivity index (χ1n) is 6.40. The monoisotopic (exact) mass is 244 g/mol. The highest BCUT2D eigenvalue weighted by atomic mass is 16.3. The number of aliphatic hydroxyl groups is 1. The molecule has 0 bridgehead atoms. The van der Waals surface area contributed by atoms with Crippen LogP contribution in [0, 0.1) is 5.92 Å². The Morgan fingerprint density at radius 1 is 1.17 bits per heavy atom. The highest BCUT2D eigenvalue weighted by Gasteiger charge is 2.08. The molecule has 0 radical (unpaired) electrons. The van der Waals surface area contributed by atoms with Crippen molar-refractivity contribution in [2.75, 3.05) is 6.54 Å². The van der Waals surface area contributed by atoms with Crippen molar-refractivity contribution in [3.05, 3.63) is 42.1 Å². The summed E-state index contributed by atoms with van der Waals surface area (Å²) in [4.78, 5) is 4.57. The van der Waals surface area contributed by atoms with E-state index in [4.69, 9.17) is 0 Å². The number of hydrogen-bond acceptors (Lipinski definition) is 3. The van der Waals surface area contributed by atoms with Crippen LogP contribution in [-0.2, 0) is 6.54 Å². The topological polar surface area (TPSA) is 45.1 Å². The van der Waals surface area contributed by atoms with Gasteiger partial charge in [-0.1, -0.05) is 38.1 Å². The fraction of sp³-hybridized carbons (Fsp3) is 0.400. The van der Waals surface area contributed by atoms with Crippen LogP contribution < -0.4 is 5.32 Å². The highest BCUT2D eigenvalue weighted by Crippen LogP contribution is 2.11. The maximum atomic E-state index is 9.69. The van der Waals surface area contributed by atoms with E-state index in [0.29, 0.717) is 13.1 Å². The van der Waals surface area contributed by atoms with Gasteiger partial charge in [0.2, 0.25) is 0 Å². The fourth-order valence-electron chi connectivity index (χ4n) is 1.79. The average Bonchev–Trinajstić information content (AvgIpc) is 2.38. The summed E-state index contributed by atoms with van der Waals surface area (Å²) in [5, 5.41) is 14.1. The van der Waals surface area contributed by atoms with E-state index in [0.717, 1.165) is 16.6 Å². The summed E-state index contributed by atoms with van der Waals surface area (Å²) >= 11 is 0. The van der Waals surface area contributed by atoms with E-state index in [-0.39, 0.29) is 12.0 Å². The van der Waals surface area contributed by atoms with Crippen LogP contribution >= 0.6 is 0 Å². The van der Waals surface area contributed by atoms with Crippen molar-refractivity contribution in [2.24, 2.45) is 5.92 Å². The Morgan fingerprint density at radius 3 is 2.72 bits per heavy atom. The second kappa shape index (κ2) is 5.94. The molecular weight excluding hydrogens is 224 g/mol. The number of aliphatic hydroxyl groups excluding tert-OH is 1. The third kappa shape index (κ3) is 3.28. The van der Waals surface area contributed by atoms with Crippen molar-refractivity contribution in [1.29, 1.82) is 0 Å². The van der Waals surface area contributed by atoms with Gasteiger partial charge in [0.1, 0.15) is 0 Å². The summed E-state index contributed by atoms with van der Waals surface area (Å²) in [5.74, 6) is 0.280. The van der Waals surface area contributed by atoms with Crippen molar-refractivity contribution >= 4 is 10.9 Å². The minimum Gasteiger partial charge on any atom is -0.392 e. The lowest BCUT2D eigenvalue weighted by atomic mass is 10.1. The number of aromatic nitrogens is 1. The Labute approximate surface area is 108 Å². The first-order chi connectivity index (χ1) is 8.66. The van der Waals surface area contributed by atoms with Crippen LogP contribution in [-0.4, -0.2) is 22.7 Å². The van der Waals surface area contributed by atoms with Gasteiger partial charge in [-0.15, -0.1) is 0 Å². The van der Waals surface area contributed by atoms with Crippen LogP contribution in [0.4, 0.5) is 0 Å². The molecule has 0 saturated heterocycles. The summed E-state index contributed by atoms with van der Waals surface area (Å²) in [6, 6.07) is 12.2. The van der Waals surface area contributed by atoms with Crippen molar-refractivity contribution < 1.29 is 5.11 Å². The van der Waals surface area contributed by atoms with Crippen LogP contribution in [0.5, 0.6) is 0 Å². The minimum atomic E-state index is -0.301. The quantitative estimate of drug-likeness (QED) is 0.848. The van der Waals surface area contributed by atoms with Gasteiger partial charge in [-0.25, -0.2) is 0 Å². The molecule has 0 fully saturated rings. The molecule has 0 aliphatic heterocycles. The Hall–Kier alpha value is -1.45. The van der Waals surface area contributed by atoms with Crippen LogP contribution in [0.25, 0.3) is 10.9 Å². The molecule has 18 heavy (non-hydrogen) atoms.